The quantitative estimate of drug-likeness (QED) is 0.592. The molecule has 2 amide bonds. The van der Waals surface area contributed by atoms with Crippen LogP contribution in [0.15, 0.2) is 0 Å². The van der Waals surface area contributed by atoms with E-state index in [1.807, 2.05) is 0 Å². The van der Waals surface area contributed by atoms with Crippen molar-refractivity contribution in [2.24, 2.45) is 0 Å². The van der Waals surface area contributed by atoms with Crippen molar-refractivity contribution in [2.45, 2.75) is 32.2 Å². The van der Waals surface area contributed by atoms with Crippen LogP contribution in [0.1, 0.15) is 26.2 Å². The number of amides is 2. The van der Waals surface area contributed by atoms with Gasteiger partial charge in [0.05, 0.1) is 0 Å². The Kier molecular flexibility index (Phi) is 6.45. The summed E-state index contributed by atoms with van der Waals surface area (Å²) in [7, 11) is 0. The van der Waals surface area contributed by atoms with Gasteiger partial charge in [-0.1, -0.05) is 6.92 Å². The molecule has 18 heavy (non-hydrogen) atoms. The normalized spacial score (nSPS) is 17.4. The minimum Gasteiger partial charge on any atom is -0.479 e. The lowest BCUT2D eigenvalue weighted by Gasteiger charge is -2.31. The van der Waals surface area contributed by atoms with E-state index in [1.54, 1.807) is 0 Å². The Morgan fingerprint density at radius 3 is 2.61 bits per heavy atom. The van der Waals surface area contributed by atoms with Gasteiger partial charge in [0.2, 0.25) is 0 Å². The van der Waals surface area contributed by atoms with Crippen molar-refractivity contribution in [1.29, 1.82) is 0 Å². The maximum Gasteiger partial charge on any atom is 0.338 e. The Hall–Kier alpha value is -1.34. The lowest BCUT2D eigenvalue weighted by molar-refractivity contribution is -0.144. The second-order valence-corrected chi connectivity index (χ2v) is 4.37. The molecule has 1 aliphatic heterocycles. The van der Waals surface area contributed by atoms with E-state index >= 15 is 0 Å². The molecule has 104 valence electrons. The number of rotatable bonds is 6. The Bertz CT molecular complexity index is 277. The first-order valence-electron chi connectivity index (χ1n) is 6.24. The third-order valence-electron chi connectivity index (χ3n) is 2.82. The third kappa shape index (κ3) is 5.83. The van der Waals surface area contributed by atoms with Crippen molar-refractivity contribution in [2.75, 3.05) is 26.2 Å². The molecule has 1 rings (SSSR count). The summed E-state index contributed by atoms with van der Waals surface area (Å²) < 4.78 is 0. The Balaban J connectivity index is 2.12. The van der Waals surface area contributed by atoms with E-state index < -0.39 is 18.6 Å². The van der Waals surface area contributed by atoms with E-state index in [9.17, 15) is 9.59 Å². The van der Waals surface area contributed by atoms with Crippen LogP contribution in [0.4, 0.5) is 4.79 Å². The standard InChI is InChI=1S/C11H21N3O4/c1-2-5-14-6-3-9(4-7-14)12-11(17)13-18-8-10(15)16/h9H,2-8H2,1H3,(H,15,16)(H2,12,13,17). The Morgan fingerprint density at radius 2 is 2.06 bits per heavy atom. The first-order chi connectivity index (χ1) is 8.61. The molecule has 0 saturated carbocycles. The molecule has 7 heteroatoms. The zero-order valence-corrected chi connectivity index (χ0v) is 10.6. The SMILES string of the molecule is CCCN1CCC(NC(=O)NOCC(=O)O)CC1. The molecular weight excluding hydrogens is 238 g/mol. The van der Waals surface area contributed by atoms with E-state index in [0.717, 1.165) is 38.9 Å². The summed E-state index contributed by atoms with van der Waals surface area (Å²) in [5.74, 6) is -1.12. The topological polar surface area (TPSA) is 90.9 Å². The number of carboxylic acid groups (broad SMARTS) is 1. The van der Waals surface area contributed by atoms with E-state index in [2.05, 4.69) is 27.5 Å². The number of nitrogens with one attached hydrogen (secondary N) is 2. The van der Waals surface area contributed by atoms with Crippen molar-refractivity contribution >= 4 is 12.0 Å². The predicted molar refractivity (Wildman–Crippen MR) is 65.0 cm³/mol. The number of hydroxylamine groups is 1. The second kappa shape index (κ2) is 7.88. The molecular formula is C11H21N3O4. The highest BCUT2D eigenvalue weighted by Gasteiger charge is 2.19. The molecule has 1 saturated heterocycles. The molecule has 0 radical (unpaired) electrons. The third-order valence-corrected chi connectivity index (χ3v) is 2.82. The van der Waals surface area contributed by atoms with Gasteiger partial charge in [0.25, 0.3) is 0 Å². The lowest BCUT2D eigenvalue weighted by Crippen LogP contribution is -2.48. The van der Waals surface area contributed by atoms with Crippen LogP contribution in [0.25, 0.3) is 0 Å². The first-order valence-corrected chi connectivity index (χ1v) is 6.24. The van der Waals surface area contributed by atoms with Crippen LogP contribution in [0.2, 0.25) is 0 Å². The van der Waals surface area contributed by atoms with Gasteiger partial charge in [-0.25, -0.2) is 15.1 Å². The van der Waals surface area contributed by atoms with Crippen LogP contribution in [0.5, 0.6) is 0 Å². The van der Waals surface area contributed by atoms with Crippen molar-refractivity contribution in [3.8, 4) is 0 Å². The van der Waals surface area contributed by atoms with Crippen molar-refractivity contribution in [1.82, 2.24) is 15.7 Å². The van der Waals surface area contributed by atoms with E-state index in [-0.39, 0.29) is 6.04 Å². The first kappa shape index (κ1) is 14.7. The van der Waals surface area contributed by atoms with Crippen LogP contribution < -0.4 is 10.8 Å². The number of likely N-dealkylation sites (tertiary alicyclic amines) is 1. The van der Waals surface area contributed by atoms with Gasteiger partial charge < -0.3 is 15.3 Å². The van der Waals surface area contributed by atoms with Gasteiger partial charge in [0.1, 0.15) is 0 Å². The minimum absolute atomic E-state index is 0.131. The van der Waals surface area contributed by atoms with Gasteiger partial charge >= 0.3 is 12.0 Å². The van der Waals surface area contributed by atoms with E-state index in [1.165, 1.54) is 0 Å². The van der Waals surface area contributed by atoms with E-state index in [0.29, 0.717) is 0 Å². The number of hydrogen-bond donors (Lipinski definition) is 3. The number of carbonyl (C=O) groups excluding carboxylic acids is 1. The molecule has 0 unspecified atom stereocenters. The number of hydrogen-bond acceptors (Lipinski definition) is 4. The Morgan fingerprint density at radius 1 is 1.39 bits per heavy atom. The largest absolute Gasteiger partial charge is 0.479 e. The fourth-order valence-corrected chi connectivity index (χ4v) is 2.00. The highest BCUT2D eigenvalue weighted by atomic mass is 16.7. The van der Waals surface area contributed by atoms with Gasteiger partial charge in [-0.15, -0.1) is 0 Å². The molecule has 1 heterocycles. The molecule has 7 nitrogen and oxygen atoms in total. The summed E-state index contributed by atoms with van der Waals surface area (Å²) in [6.07, 6.45) is 2.96. The number of carboxylic acids is 1. The lowest BCUT2D eigenvalue weighted by atomic mass is 10.1. The second-order valence-electron chi connectivity index (χ2n) is 4.37. The van der Waals surface area contributed by atoms with Crippen LogP contribution in [0.3, 0.4) is 0 Å². The molecule has 1 fully saturated rings. The summed E-state index contributed by atoms with van der Waals surface area (Å²) in [5.41, 5.74) is 2.05. The molecule has 0 aromatic carbocycles. The Labute approximate surface area is 106 Å². The van der Waals surface area contributed by atoms with Crippen LogP contribution in [-0.4, -0.2) is 54.3 Å². The number of piperidine rings is 1. The molecule has 0 spiro atoms. The molecule has 0 atom stereocenters. The number of carbonyl (C=O) groups is 2. The molecule has 1 aliphatic rings. The predicted octanol–water partition coefficient (Wildman–Crippen LogP) is 0.176. The average Bonchev–Trinajstić information content (AvgIpc) is 2.31. The van der Waals surface area contributed by atoms with Crippen molar-refractivity contribution in [3.05, 3.63) is 0 Å². The van der Waals surface area contributed by atoms with Crippen LogP contribution in [0, 0.1) is 0 Å². The zero-order valence-electron chi connectivity index (χ0n) is 10.6. The molecule has 0 aliphatic carbocycles. The minimum atomic E-state index is -1.12. The number of aliphatic carboxylic acids is 1. The fourth-order valence-electron chi connectivity index (χ4n) is 2.00. The highest BCUT2D eigenvalue weighted by Crippen LogP contribution is 2.10. The molecule has 3 N–H and O–H groups in total. The smallest absolute Gasteiger partial charge is 0.338 e. The van der Waals surface area contributed by atoms with Gasteiger partial charge in [0.15, 0.2) is 6.61 Å². The van der Waals surface area contributed by atoms with Gasteiger partial charge in [-0.05, 0) is 25.8 Å². The monoisotopic (exact) mass is 259 g/mol. The number of urea groups is 1. The van der Waals surface area contributed by atoms with Crippen molar-refractivity contribution in [3.63, 3.8) is 0 Å². The van der Waals surface area contributed by atoms with Gasteiger partial charge in [-0.2, -0.15) is 0 Å². The molecule has 0 bridgehead atoms. The maximum absolute atomic E-state index is 11.3. The maximum atomic E-state index is 11.3. The fraction of sp³-hybridized carbons (Fsp3) is 0.818. The average molecular weight is 259 g/mol. The van der Waals surface area contributed by atoms with Gasteiger partial charge in [-0.3, -0.25) is 4.84 Å². The summed E-state index contributed by atoms with van der Waals surface area (Å²) in [5, 5.41) is 11.1. The number of nitrogens with zero attached hydrogens (tertiary/aromatic N) is 1. The zero-order chi connectivity index (χ0) is 13.4. The van der Waals surface area contributed by atoms with Crippen LogP contribution in [-0.2, 0) is 9.63 Å². The highest BCUT2D eigenvalue weighted by molar-refractivity contribution is 5.73. The molecule has 0 aromatic rings. The summed E-state index contributed by atoms with van der Waals surface area (Å²) in [6.45, 7) is 4.67. The molecule has 0 aromatic heterocycles. The van der Waals surface area contributed by atoms with Crippen LogP contribution >= 0.6 is 0 Å². The van der Waals surface area contributed by atoms with Crippen molar-refractivity contribution < 1.29 is 19.5 Å². The van der Waals surface area contributed by atoms with E-state index in [4.69, 9.17) is 5.11 Å². The summed E-state index contributed by atoms with van der Waals surface area (Å²) in [6, 6.07) is -0.350. The van der Waals surface area contributed by atoms with Gasteiger partial charge in [0, 0.05) is 19.1 Å². The summed E-state index contributed by atoms with van der Waals surface area (Å²) >= 11 is 0. The summed E-state index contributed by atoms with van der Waals surface area (Å²) in [4.78, 5) is 28.4.